The van der Waals surface area contributed by atoms with Gasteiger partial charge in [-0.2, -0.15) is 10.2 Å². The molecule has 5 heterocycles. The number of ether oxygens (including phenoxy) is 1. The van der Waals surface area contributed by atoms with Gasteiger partial charge in [0.25, 0.3) is 0 Å². The number of nitriles is 1. The highest BCUT2D eigenvalue weighted by molar-refractivity contribution is 5.92. The summed E-state index contributed by atoms with van der Waals surface area (Å²) >= 11 is 0. The molecule has 11 nitrogen and oxygen atoms in total. The van der Waals surface area contributed by atoms with E-state index >= 15 is 0 Å². The average molecular weight is 531 g/mol. The summed E-state index contributed by atoms with van der Waals surface area (Å²) in [5.41, 5.74) is 4.01. The first-order valence-corrected chi connectivity index (χ1v) is 13.9. The molecule has 0 saturated carbocycles. The normalized spacial score (nSPS) is 22.7. The molecule has 1 N–H and O–H groups in total. The molecule has 6 rings (SSSR count). The van der Waals surface area contributed by atoms with Gasteiger partial charge in [-0.3, -0.25) is 14.9 Å². The van der Waals surface area contributed by atoms with Crippen molar-refractivity contribution in [3.8, 4) is 6.07 Å². The first-order valence-electron chi connectivity index (χ1n) is 13.9. The van der Waals surface area contributed by atoms with Crippen molar-refractivity contribution in [2.75, 3.05) is 86.7 Å². The van der Waals surface area contributed by atoms with Crippen molar-refractivity contribution < 1.29 is 6.16 Å². The number of aromatic nitrogens is 4. The molecule has 0 unspecified atom stereocenters. The highest BCUT2D eigenvalue weighted by Gasteiger charge is 2.30. The topological polar surface area (TPSA) is 110 Å². The zero-order valence-electron chi connectivity index (χ0n) is 22.8. The van der Waals surface area contributed by atoms with Crippen LogP contribution in [0.3, 0.4) is 0 Å². The molecule has 0 aliphatic carbocycles. The van der Waals surface area contributed by atoms with Crippen LogP contribution in [0, 0.1) is 18.3 Å². The first-order chi connectivity index (χ1) is 19.1. The summed E-state index contributed by atoms with van der Waals surface area (Å²) < 4.78 is 6.39. The summed E-state index contributed by atoms with van der Waals surface area (Å²) in [6.07, 6.45) is 3.51. The molecule has 3 aliphatic rings. The van der Waals surface area contributed by atoms with Gasteiger partial charge in [-0.05, 0) is 26.0 Å². The van der Waals surface area contributed by atoms with Crippen LogP contribution in [0.2, 0.25) is 0 Å². The van der Waals surface area contributed by atoms with Crippen molar-refractivity contribution in [1.29, 1.82) is 5.26 Å². The summed E-state index contributed by atoms with van der Waals surface area (Å²) in [4.78, 5) is 28.2. The Balaban J connectivity index is 0.00000323. The minimum Gasteiger partial charge on any atom is -0.370 e. The molecule has 3 aliphatic heterocycles. The molecule has 3 aromatic rings. The Hall–Kier alpha value is -3.59. The fourth-order valence-electron chi connectivity index (χ4n) is 5.88. The third kappa shape index (κ3) is 5.59. The van der Waals surface area contributed by atoms with E-state index in [0.29, 0.717) is 11.1 Å². The molecule has 0 radical (unpaired) electrons. The Labute approximate surface area is 230 Å². The Morgan fingerprint density at radius 3 is 2.51 bits per heavy atom. The molecule has 0 spiro atoms. The molecular weight excluding hydrogens is 492 g/mol. The van der Waals surface area contributed by atoms with Gasteiger partial charge >= 0.3 is 0 Å². The zero-order chi connectivity index (χ0) is 26.8. The Morgan fingerprint density at radius 2 is 1.74 bits per heavy atom. The highest BCUT2D eigenvalue weighted by atomic mass is 16.5. The predicted octanol–water partition coefficient (Wildman–Crippen LogP) is 1.67. The van der Waals surface area contributed by atoms with Crippen LogP contribution < -0.4 is 20.0 Å². The zero-order valence-corrected chi connectivity index (χ0v) is 22.8. The number of nitrogens with zero attached hydrogens (tertiary/aromatic N) is 9. The predicted molar refractivity (Wildman–Crippen MR) is 153 cm³/mol. The van der Waals surface area contributed by atoms with Crippen molar-refractivity contribution in [2.45, 2.75) is 26.1 Å². The largest absolute Gasteiger partial charge is 0.370 e. The van der Waals surface area contributed by atoms with Crippen molar-refractivity contribution >= 4 is 28.5 Å². The van der Waals surface area contributed by atoms with Gasteiger partial charge in [0.2, 0.25) is 5.95 Å². The maximum atomic E-state index is 9.51. The maximum absolute atomic E-state index is 9.51. The van der Waals surface area contributed by atoms with E-state index in [0.717, 1.165) is 101 Å². The number of hydrogen-bond donors (Lipinski definition) is 1. The van der Waals surface area contributed by atoms with Crippen LogP contribution in [-0.4, -0.2) is 109 Å². The number of piperazine rings is 2. The molecule has 39 heavy (non-hydrogen) atoms. The number of anilines is 3. The standard InChI is InChI=1S/C28H36N10O.H2/c1-20-15-25(36-9-7-30-8-10-36)34-28(33-20)37-13-11-35(12-14-37)18-23-19-38(17-21(2)39-23)24-4-3-22(16-29)26-27(24)32-6-5-31-26;/h3-6,15,21,23,30H,7-14,17-19H2,1-2H3;1H/t21-,23+;/m1./s1. The molecule has 0 amide bonds. The van der Waals surface area contributed by atoms with E-state index in [4.69, 9.17) is 14.7 Å². The highest BCUT2D eigenvalue weighted by Crippen LogP contribution is 2.29. The Morgan fingerprint density at radius 1 is 0.974 bits per heavy atom. The van der Waals surface area contributed by atoms with Crippen LogP contribution in [0.25, 0.3) is 11.0 Å². The molecular formula is C28H38N10O. The second-order valence-corrected chi connectivity index (χ2v) is 10.7. The third-order valence-corrected chi connectivity index (χ3v) is 7.78. The third-order valence-electron chi connectivity index (χ3n) is 7.78. The fourth-order valence-corrected chi connectivity index (χ4v) is 5.88. The number of hydrogen-bond acceptors (Lipinski definition) is 11. The summed E-state index contributed by atoms with van der Waals surface area (Å²) in [5.74, 6) is 1.87. The van der Waals surface area contributed by atoms with Crippen LogP contribution in [-0.2, 0) is 4.74 Å². The lowest BCUT2D eigenvalue weighted by Gasteiger charge is -2.42. The van der Waals surface area contributed by atoms with Gasteiger partial charge in [0.05, 0.1) is 23.5 Å². The maximum Gasteiger partial charge on any atom is 0.227 e. The van der Waals surface area contributed by atoms with E-state index in [1.54, 1.807) is 12.4 Å². The van der Waals surface area contributed by atoms with Crippen molar-refractivity contribution in [3.05, 3.63) is 41.9 Å². The van der Waals surface area contributed by atoms with Gasteiger partial charge < -0.3 is 24.8 Å². The van der Waals surface area contributed by atoms with Gasteiger partial charge in [0, 0.05) is 97.6 Å². The lowest BCUT2D eigenvalue weighted by molar-refractivity contribution is -0.0327. The Kier molecular flexibility index (Phi) is 7.41. The monoisotopic (exact) mass is 530 g/mol. The van der Waals surface area contributed by atoms with Crippen LogP contribution in [0.15, 0.2) is 30.6 Å². The molecule has 0 bridgehead atoms. The molecule has 11 heteroatoms. The van der Waals surface area contributed by atoms with E-state index in [2.05, 4.69) is 60.9 Å². The number of fused-ring (bicyclic) bond motifs is 1. The van der Waals surface area contributed by atoms with Crippen LogP contribution in [0.1, 0.15) is 19.6 Å². The van der Waals surface area contributed by atoms with E-state index in [1.807, 2.05) is 12.1 Å². The minimum atomic E-state index is 0. The molecule has 1 aromatic carbocycles. The van der Waals surface area contributed by atoms with Gasteiger partial charge in [-0.1, -0.05) is 0 Å². The second kappa shape index (κ2) is 11.3. The van der Waals surface area contributed by atoms with Gasteiger partial charge in [0.1, 0.15) is 22.9 Å². The number of benzene rings is 1. The van der Waals surface area contributed by atoms with Crippen molar-refractivity contribution in [3.63, 3.8) is 0 Å². The molecule has 2 aromatic heterocycles. The molecule has 206 valence electrons. The van der Waals surface area contributed by atoms with Crippen LogP contribution in [0.4, 0.5) is 17.5 Å². The van der Waals surface area contributed by atoms with E-state index in [9.17, 15) is 5.26 Å². The number of morpholine rings is 1. The minimum absolute atomic E-state index is 0. The van der Waals surface area contributed by atoms with E-state index in [1.165, 1.54) is 0 Å². The second-order valence-electron chi connectivity index (χ2n) is 10.7. The summed E-state index contributed by atoms with van der Waals surface area (Å²) in [5, 5.41) is 12.9. The summed E-state index contributed by atoms with van der Waals surface area (Å²) in [6, 6.07) is 8.19. The van der Waals surface area contributed by atoms with Crippen LogP contribution >= 0.6 is 0 Å². The molecule has 3 saturated heterocycles. The van der Waals surface area contributed by atoms with Crippen molar-refractivity contribution in [2.24, 2.45) is 0 Å². The SMILES string of the molecule is Cc1cc(N2CCNCC2)nc(N2CCN(C[C@H]3CN(c4ccc(C#N)c5nccnc45)C[C@@H](C)O3)CC2)n1.[HH]. The quantitative estimate of drug-likeness (QED) is 0.520. The average Bonchev–Trinajstić information content (AvgIpc) is 2.97. The van der Waals surface area contributed by atoms with E-state index in [-0.39, 0.29) is 13.6 Å². The van der Waals surface area contributed by atoms with E-state index < -0.39 is 0 Å². The van der Waals surface area contributed by atoms with Gasteiger partial charge in [0.15, 0.2) is 0 Å². The lowest BCUT2D eigenvalue weighted by atomic mass is 10.1. The van der Waals surface area contributed by atoms with Crippen molar-refractivity contribution in [1.82, 2.24) is 30.2 Å². The molecule has 3 fully saturated rings. The smallest absolute Gasteiger partial charge is 0.227 e. The number of rotatable bonds is 5. The lowest BCUT2D eigenvalue weighted by Crippen LogP contribution is -2.54. The first kappa shape index (κ1) is 25.7. The van der Waals surface area contributed by atoms with Gasteiger partial charge in [-0.25, -0.2) is 4.98 Å². The van der Waals surface area contributed by atoms with Gasteiger partial charge in [-0.15, -0.1) is 0 Å². The number of aryl methyl sites for hydroxylation is 1. The Bertz CT molecular complexity index is 1350. The summed E-state index contributed by atoms with van der Waals surface area (Å²) in [6.45, 7) is 14.2. The molecule has 2 atom stereocenters. The van der Waals surface area contributed by atoms with Crippen LogP contribution in [0.5, 0.6) is 0 Å². The summed E-state index contributed by atoms with van der Waals surface area (Å²) in [7, 11) is 0. The number of nitrogens with one attached hydrogen (secondary N) is 1. The fraction of sp³-hybridized carbons (Fsp3) is 0.536.